The molecule has 1 saturated carbocycles. The number of sulfonamides is 1. The zero-order valence-electron chi connectivity index (χ0n) is 13.8. The van der Waals surface area contributed by atoms with E-state index >= 15 is 0 Å². The van der Waals surface area contributed by atoms with Crippen LogP contribution in [0.5, 0.6) is 0 Å². The van der Waals surface area contributed by atoms with Gasteiger partial charge in [0.05, 0.1) is 15.6 Å². The van der Waals surface area contributed by atoms with E-state index in [1.807, 2.05) is 0 Å². The average molecular weight is 428 g/mol. The van der Waals surface area contributed by atoms with Crippen LogP contribution in [0.3, 0.4) is 0 Å². The first kappa shape index (κ1) is 19.6. The number of nitrogens with two attached hydrogens (primary N) is 1. The maximum atomic E-state index is 12.5. The van der Waals surface area contributed by atoms with E-state index in [1.54, 1.807) is 0 Å². The summed E-state index contributed by atoms with van der Waals surface area (Å²) < 4.78 is 27.4. The van der Waals surface area contributed by atoms with Crippen LogP contribution in [-0.4, -0.2) is 26.3 Å². The fourth-order valence-corrected chi connectivity index (χ4v) is 4.47. The summed E-state index contributed by atoms with van der Waals surface area (Å²) in [5.41, 5.74) is 5.80. The van der Waals surface area contributed by atoms with Crippen LogP contribution in [0.4, 0.5) is 5.69 Å². The maximum absolute atomic E-state index is 12.5. The van der Waals surface area contributed by atoms with Crippen LogP contribution < -0.4 is 15.8 Å². The van der Waals surface area contributed by atoms with E-state index < -0.39 is 21.8 Å². The summed E-state index contributed by atoms with van der Waals surface area (Å²) in [5, 5.41) is 2.52. The third kappa shape index (κ3) is 4.59. The summed E-state index contributed by atoms with van der Waals surface area (Å²) in [4.78, 5) is 23.4. The molecule has 2 aromatic rings. The van der Waals surface area contributed by atoms with Crippen molar-refractivity contribution in [3.8, 4) is 0 Å². The molecule has 0 saturated heterocycles. The summed E-state index contributed by atoms with van der Waals surface area (Å²) in [7, 11) is -3.86. The van der Waals surface area contributed by atoms with Gasteiger partial charge in [0.2, 0.25) is 15.9 Å². The van der Waals surface area contributed by atoms with Crippen LogP contribution in [0.1, 0.15) is 33.6 Å². The Kier molecular flexibility index (Phi) is 5.43. The van der Waals surface area contributed by atoms with E-state index in [-0.39, 0.29) is 32.1 Å². The molecule has 0 bridgehead atoms. The van der Waals surface area contributed by atoms with Gasteiger partial charge in [-0.2, -0.15) is 0 Å². The second-order valence-electron chi connectivity index (χ2n) is 6.05. The lowest BCUT2D eigenvalue weighted by Crippen LogP contribution is -2.26. The van der Waals surface area contributed by atoms with Crippen molar-refractivity contribution in [2.24, 2.45) is 5.73 Å². The zero-order valence-corrected chi connectivity index (χ0v) is 16.2. The van der Waals surface area contributed by atoms with Crippen LogP contribution in [0, 0.1) is 0 Å². The SMILES string of the molecule is NC(=O)c1ccc(NC(=O)c2cc(S(=O)(=O)NC3CC3)c(Cl)cc2Cl)cc1. The predicted molar refractivity (Wildman–Crippen MR) is 103 cm³/mol. The number of primary amides is 1. The first-order valence-electron chi connectivity index (χ1n) is 7.90. The number of carbonyl (C=O) groups is 2. The molecule has 0 atom stereocenters. The molecule has 0 unspecified atom stereocenters. The van der Waals surface area contributed by atoms with Gasteiger partial charge in [0.25, 0.3) is 5.91 Å². The fraction of sp³-hybridized carbons (Fsp3) is 0.176. The molecule has 2 amide bonds. The Morgan fingerprint density at radius 2 is 1.67 bits per heavy atom. The number of benzene rings is 2. The summed E-state index contributed by atoms with van der Waals surface area (Å²) >= 11 is 12.1. The van der Waals surface area contributed by atoms with Gasteiger partial charge in [0, 0.05) is 17.3 Å². The molecule has 1 fully saturated rings. The monoisotopic (exact) mass is 427 g/mol. The van der Waals surface area contributed by atoms with Crippen molar-refractivity contribution in [2.75, 3.05) is 5.32 Å². The molecular weight excluding hydrogens is 413 g/mol. The number of nitrogens with one attached hydrogen (secondary N) is 2. The molecule has 4 N–H and O–H groups in total. The van der Waals surface area contributed by atoms with Crippen molar-refractivity contribution < 1.29 is 18.0 Å². The molecule has 7 nitrogen and oxygen atoms in total. The van der Waals surface area contributed by atoms with Crippen LogP contribution in [0.2, 0.25) is 10.0 Å². The number of anilines is 1. The van der Waals surface area contributed by atoms with Gasteiger partial charge < -0.3 is 11.1 Å². The number of hydrogen-bond acceptors (Lipinski definition) is 4. The van der Waals surface area contributed by atoms with Crippen molar-refractivity contribution in [1.82, 2.24) is 4.72 Å². The first-order chi connectivity index (χ1) is 12.7. The van der Waals surface area contributed by atoms with Crippen molar-refractivity contribution in [2.45, 2.75) is 23.8 Å². The lowest BCUT2D eigenvalue weighted by molar-refractivity contribution is 0.0998. The summed E-state index contributed by atoms with van der Waals surface area (Å²) in [6, 6.07) is 8.15. The molecule has 1 aliphatic rings. The molecule has 2 aromatic carbocycles. The van der Waals surface area contributed by atoms with Gasteiger partial charge in [-0.25, -0.2) is 13.1 Å². The third-order valence-corrected chi connectivity index (χ3v) is 6.18. The maximum Gasteiger partial charge on any atom is 0.257 e. The molecule has 0 spiro atoms. The highest BCUT2D eigenvalue weighted by Crippen LogP contribution is 2.31. The molecule has 27 heavy (non-hydrogen) atoms. The smallest absolute Gasteiger partial charge is 0.257 e. The summed E-state index contributed by atoms with van der Waals surface area (Å²) in [6.07, 6.45) is 1.53. The first-order valence-corrected chi connectivity index (χ1v) is 10.1. The highest BCUT2D eigenvalue weighted by molar-refractivity contribution is 7.89. The molecule has 0 heterocycles. The quantitative estimate of drug-likeness (QED) is 0.656. The number of hydrogen-bond donors (Lipinski definition) is 3. The number of rotatable bonds is 6. The standard InChI is InChI=1S/C17H15Cl2N3O4S/c18-13-8-14(19)15(27(25,26)22-11-5-6-11)7-12(13)17(24)21-10-3-1-9(2-4-10)16(20)23/h1-4,7-8,11,22H,5-6H2,(H2,20,23)(H,21,24). The van der Waals surface area contributed by atoms with Gasteiger partial charge >= 0.3 is 0 Å². The van der Waals surface area contributed by atoms with Crippen LogP contribution in [0.25, 0.3) is 0 Å². The number of halogens is 2. The Morgan fingerprint density at radius 3 is 2.22 bits per heavy atom. The Balaban J connectivity index is 1.87. The van der Waals surface area contributed by atoms with Crippen molar-refractivity contribution in [1.29, 1.82) is 0 Å². The Hall–Kier alpha value is -2.13. The van der Waals surface area contributed by atoms with Gasteiger partial charge in [-0.1, -0.05) is 23.2 Å². The van der Waals surface area contributed by atoms with E-state index in [0.29, 0.717) is 5.69 Å². The van der Waals surface area contributed by atoms with Gasteiger partial charge in [-0.3, -0.25) is 9.59 Å². The zero-order chi connectivity index (χ0) is 19.8. The number of amides is 2. The minimum Gasteiger partial charge on any atom is -0.366 e. The van der Waals surface area contributed by atoms with Gasteiger partial charge in [0.1, 0.15) is 4.90 Å². The van der Waals surface area contributed by atoms with E-state index in [9.17, 15) is 18.0 Å². The summed E-state index contributed by atoms with van der Waals surface area (Å²) in [6.45, 7) is 0. The molecular formula is C17H15Cl2N3O4S. The lowest BCUT2D eigenvalue weighted by atomic mass is 10.1. The van der Waals surface area contributed by atoms with Gasteiger partial charge in [-0.05, 0) is 49.2 Å². The number of carbonyl (C=O) groups excluding carboxylic acids is 2. The molecule has 142 valence electrons. The summed E-state index contributed by atoms with van der Waals surface area (Å²) in [5.74, 6) is -1.21. The molecule has 10 heteroatoms. The largest absolute Gasteiger partial charge is 0.366 e. The van der Waals surface area contributed by atoms with Gasteiger partial charge in [-0.15, -0.1) is 0 Å². The molecule has 0 aromatic heterocycles. The molecule has 0 radical (unpaired) electrons. The van der Waals surface area contributed by atoms with Crippen LogP contribution >= 0.6 is 23.2 Å². The molecule has 1 aliphatic carbocycles. The second kappa shape index (κ2) is 7.47. The van der Waals surface area contributed by atoms with E-state index in [4.69, 9.17) is 28.9 Å². The Morgan fingerprint density at radius 1 is 1.04 bits per heavy atom. The third-order valence-electron chi connectivity index (χ3n) is 3.88. The highest BCUT2D eigenvalue weighted by atomic mass is 35.5. The lowest BCUT2D eigenvalue weighted by Gasteiger charge is -2.12. The van der Waals surface area contributed by atoms with Crippen molar-refractivity contribution in [3.63, 3.8) is 0 Å². The van der Waals surface area contributed by atoms with E-state index in [0.717, 1.165) is 18.9 Å². The highest BCUT2D eigenvalue weighted by Gasteiger charge is 2.30. The fourth-order valence-electron chi connectivity index (χ4n) is 2.31. The van der Waals surface area contributed by atoms with Crippen molar-refractivity contribution >= 4 is 50.7 Å². The average Bonchev–Trinajstić information content (AvgIpc) is 3.38. The van der Waals surface area contributed by atoms with E-state index in [2.05, 4.69) is 10.0 Å². The van der Waals surface area contributed by atoms with Gasteiger partial charge in [0.15, 0.2) is 0 Å². The minimum absolute atomic E-state index is 0.0108. The normalized spacial score (nSPS) is 14.0. The van der Waals surface area contributed by atoms with Crippen LogP contribution in [-0.2, 0) is 10.0 Å². The Labute approximate surface area is 165 Å². The van der Waals surface area contributed by atoms with Crippen molar-refractivity contribution in [3.05, 3.63) is 57.6 Å². The predicted octanol–water partition coefficient (Wildman–Crippen LogP) is 2.79. The van der Waals surface area contributed by atoms with Crippen LogP contribution in [0.15, 0.2) is 41.3 Å². The molecule has 0 aliphatic heterocycles. The minimum atomic E-state index is -3.86. The second-order valence-corrected chi connectivity index (χ2v) is 8.55. The Bertz CT molecular complexity index is 1020. The van der Waals surface area contributed by atoms with E-state index in [1.165, 1.54) is 30.3 Å². The topological polar surface area (TPSA) is 118 Å². The molecule has 3 rings (SSSR count).